The highest BCUT2D eigenvalue weighted by Gasteiger charge is 2.18. The lowest BCUT2D eigenvalue weighted by Crippen LogP contribution is -2.15. The summed E-state index contributed by atoms with van der Waals surface area (Å²) in [6, 6.07) is 17.2. The number of benzene rings is 1. The first-order valence-electron chi connectivity index (χ1n) is 8.74. The first-order chi connectivity index (χ1) is 14.2. The van der Waals surface area contributed by atoms with E-state index in [-0.39, 0.29) is 11.7 Å². The van der Waals surface area contributed by atoms with Crippen LogP contribution in [0.1, 0.15) is 5.56 Å². The van der Waals surface area contributed by atoms with Gasteiger partial charge in [-0.3, -0.25) is 9.36 Å². The highest BCUT2D eigenvalue weighted by Crippen LogP contribution is 2.25. The molecule has 0 aliphatic carbocycles. The lowest BCUT2D eigenvalue weighted by Gasteiger charge is -2.09. The van der Waals surface area contributed by atoms with Crippen LogP contribution in [-0.2, 0) is 11.3 Å². The first-order valence-corrected chi connectivity index (χ1v) is 10.5. The second-order valence-electron chi connectivity index (χ2n) is 6.05. The molecule has 0 aliphatic rings. The van der Waals surface area contributed by atoms with Crippen LogP contribution in [0.5, 0.6) is 0 Å². The minimum Gasteiger partial charge on any atom is -0.461 e. The molecule has 1 amide bonds. The number of carbonyl (C=O) groups is 1. The zero-order valence-electron chi connectivity index (χ0n) is 15.2. The minimum atomic E-state index is -0.168. The third kappa shape index (κ3) is 4.93. The number of halogens is 1. The quantitative estimate of drug-likeness (QED) is 0.401. The lowest BCUT2D eigenvalue weighted by molar-refractivity contribution is -0.113. The van der Waals surface area contributed by atoms with Gasteiger partial charge in [0.1, 0.15) is 5.82 Å². The molecule has 3 heterocycles. The number of amides is 1. The summed E-state index contributed by atoms with van der Waals surface area (Å²) in [6.45, 7) is 0.572. The van der Waals surface area contributed by atoms with Gasteiger partial charge in [0.2, 0.25) is 11.7 Å². The maximum absolute atomic E-state index is 12.3. The number of carbonyl (C=O) groups excluding carboxylic acids is 1. The van der Waals surface area contributed by atoms with Crippen molar-refractivity contribution in [1.29, 1.82) is 0 Å². The Morgan fingerprint density at radius 2 is 1.97 bits per heavy atom. The number of hydrogen-bond acceptors (Lipinski definition) is 6. The summed E-state index contributed by atoms with van der Waals surface area (Å²) in [5, 5.41) is 12.0. The van der Waals surface area contributed by atoms with Gasteiger partial charge in [-0.1, -0.05) is 42.1 Å². The molecule has 0 saturated heterocycles. The highest BCUT2D eigenvalue weighted by molar-refractivity contribution is 9.10. The Bertz CT molecular complexity index is 1080. The summed E-state index contributed by atoms with van der Waals surface area (Å²) in [4.78, 5) is 16.5. The third-order valence-electron chi connectivity index (χ3n) is 3.97. The second kappa shape index (κ2) is 9.06. The van der Waals surface area contributed by atoms with E-state index in [0.717, 1.165) is 10.0 Å². The van der Waals surface area contributed by atoms with E-state index in [4.69, 9.17) is 4.42 Å². The van der Waals surface area contributed by atoms with Gasteiger partial charge in [-0.2, -0.15) is 0 Å². The van der Waals surface area contributed by atoms with Crippen LogP contribution in [0.25, 0.3) is 11.6 Å². The maximum Gasteiger partial charge on any atom is 0.236 e. The number of nitrogens with zero attached hydrogens (tertiary/aromatic N) is 4. The molecule has 0 spiro atoms. The average molecular weight is 470 g/mol. The topological polar surface area (TPSA) is 85.8 Å². The number of anilines is 1. The third-order valence-corrected chi connectivity index (χ3v) is 5.41. The van der Waals surface area contributed by atoms with E-state index in [1.165, 1.54) is 11.8 Å². The van der Waals surface area contributed by atoms with Crippen molar-refractivity contribution in [1.82, 2.24) is 19.7 Å². The zero-order valence-corrected chi connectivity index (χ0v) is 17.6. The van der Waals surface area contributed by atoms with Gasteiger partial charge in [-0.05, 0) is 45.8 Å². The molecule has 0 unspecified atom stereocenters. The largest absolute Gasteiger partial charge is 0.461 e. The molecular formula is C20H16BrN5O2S. The Labute approximate surface area is 179 Å². The van der Waals surface area contributed by atoms with Crippen LogP contribution in [0.3, 0.4) is 0 Å². The van der Waals surface area contributed by atoms with Gasteiger partial charge < -0.3 is 9.73 Å². The molecule has 3 aromatic heterocycles. The molecule has 0 aliphatic heterocycles. The van der Waals surface area contributed by atoms with Crippen molar-refractivity contribution in [3.05, 3.63) is 77.1 Å². The molecule has 0 atom stereocenters. The summed E-state index contributed by atoms with van der Waals surface area (Å²) in [7, 11) is 0. The van der Waals surface area contributed by atoms with Crippen LogP contribution in [0.15, 0.2) is 81.1 Å². The number of furan rings is 1. The average Bonchev–Trinajstić information content (AvgIpc) is 3.39. The van der Waals surface area contributed by atoms with Gasteiger partial charge >= 0.3 is 0 Å². The monoisotopic (exact) mass is 469 g/mol. The van der Waals surface area contributed by atoms with E-state index in [1.807, 2.05) is 53.1 Å². The summed E-state index contributed by atoms with van der Waals surface area (Å²) in [5.41, 5.74) is 1.10. The molecule has 4 rings (SSSR count). The fourth-order valence-electron chi connectivity index (χ4n) is 2.65. The number of nitrogens with one attached hydrogen (secondary N) is 1. The molecule has 0 fully saturated rings. The standard InChI is InChI=1S/C20H16BrN5O2S/c21-15-8-9-17(22-11-15)23-18(27)13-29-20-25-24-19(16-7-4-10-28-16)26(20)12-14-5-2-1-3-6-14/h1-11H,12-13H2,(H,22,23,27). The van der Waals surface area contributed by atoms with Crippen molar-refractivity contribution in [2.75, 3.05) is 11.1 Å². The summed E-state index contributed by atoms with van der Waals surface area (Å²) in [6.07, 6.45) is 3.23. The minimum absolute atomic E-state index is 0.168. The fraction of sp³-hybridized carbons (Fsp3) is 0.100. The number of aromatic nitrogens is 4. The number of hydrogen-bond donors (Lipinski definition) is 1. The van der Waals surface area contributed by atoms with E-state index >= 15 is 0 Å². The van der Waals surface area contributed by atoms with Crippen molar-refractivity contribution >= 4 is 39.4 Å². The lowest BCUT2D eigenvalue weighted by atomic mass is 10.2. The van der Waals surface area contributed by atoms with Gasteiger partial charge in [-0.25, -0.2) is 4.98 Å². The van der Waals surface area contributed by atoms with Crippen molar-refractivity contribution in [3.8, 4) is 11.6 Å². The summed E-state index contributed by atoms with van der Waals surface area (Å²) in [5.74, 6) is 1.77. The van der Waals surface area contributed by atoms with Crippen LogP contribution in [0.4, 0.5) is 5.82 Å². The molecule has 146 valence electrons. The normalized spacial score (nSPS) is 10.8. The predicted octanol–water partition coefficient (Wildman–Crippen LogP) is 4.47. The molecule has 1 aromatic carbocycles. The summed E-state index contributed by atoms with van der Waals surface area (Å²) >= 11 is 4.64. The van der Waals surface area contributed by atoms with E-state index in [1.54, 1.807) is 18.5 Å². The van der Waals surface area contributed by atoms with Crippen LogP contribution in [0, 0.1) is 0 Å². The fourth-order valence-corrected chi connectivity index (χ4v) is 3.62. The van der Waals surface area contributed by atoms with E-state index < -0.39 is 0 Å². The molecule has 7 nitrogen and oxygen atoms in total. The molecule has 9 heteroatoms. The Kier molecular flexibility index (Phi) is 6.06. The van der Waals surface area contributed by atoms with Gasteiger partial charge in [-0.15, -0.1) is 10.2 Å². The SMILES string of the molecule is O=C(CSc1nnc(-c2ccco2)n1Cc1ccccc1)Nc1ccc(Br)cn1. The number of thioether (sulfide) groups is 1. The maximum atomic E-state index is 12.3. The van der Waals surface area contributed by atoms with Gasteiger partial charge in [0, 0.05) is 10.7 Å². The molecule has 0 radical (unpaired) electrons. The van der Waals surface area contributed by atoms with Crippen LogP contribution in [-0.4, -0.2) is 31.4 Å². The van der Waals surface area contributed by atoms with Crippen molar-refractivity contribution in [3.63, 3.8) is 0 Å². The summed E-state index contributed by atoms with van der Waals surface area (Å²) < 4.78 is 8.30. The van der Waals surface area contributed by atoms with E-state index in [2.05, 4.69) is 36.4 Å². The Balaban J connectivity index is 1.50. The number of rotatable bonds is 7. The molecular weight excluding hydrogens is 454 g/mol. The Morgan fingerprint density at radius 1 is 1.10 bits per heavy atom. The molecule has 29 heavy (non-hydrogen) atoms. The molecule has 4 aromatic rings. The number of pyridine rings is 1. The van der Waals surface area contributed by atoms with Gasteiger partial charge in [0.15, 0.2) is 10.9 Å². The van der Waals surface area contributed by atoms with Crippen LogP contribution in [0.2, 0.25) is 0 Å². The van der Waals surface area contributed by atoms with Crippen LogP contribution >= 0.6 is 27.7 Å². The van der Waals surface area contributed by atoms with Crippen molar-refractivity contribution in [2.45, 2.75) is 11.7 Å². The smallest absolute Gasteiger partial charge is 0.236 e. The molecule has 0 saturated carbocycles. The zero-order chi connectivity index (χ0) is 20.1. The van der Waals surface area contributed by atoms with Crippen LogP contribution < -0.4 is 5.32 Å². The highest BCUT2D eigenvalue weighted by atomic mass is 79.9. The predicted molar refractivity (Wildman–Crippen MR) is 115 cm³/mol. The molecule has 1 N–H and O–H groups in total. The van der Waals surface area contributed by atoms with Gasteiger partial charge in [0.05, 0.1) is 18.6 Å². The molecule has 0 bridgehead atoms. The van der Waals surface area contributed by atoms with Crippen molar-refractivity contribution in [2.24, 2.45) is 0 Å². The van der Waals surface area contributed by atoms with Crippen molar-refractivity contribution < 1.29 is 9.21 Å². The Morgan fingerprint density at radius 3 is 2.69 bits per heavy atom. The Hall–Kier alpha value is -2.91. The first kappa shape index (κ1) is 19.4. The van der Waals surface area contributed by atoms with Gasteiger partial charge in [0.25, 0.3) is 0 Å². The van der Waals surface area contributed by atoms with E-state index in [9.17, 15) is 4.79 Å². The second-order valence-corrected chi connectivity index (χ2v) is 7.91. The van der Waals surface area contributed by atoms with E-state index in [0.29, 0.717) is 29.1 Å².